The third kappa shape index (κ3) is 4.78. The fourth-order valence-electron chi connectivity index (χ4n) is 2.95. The molecule has 2 rings (SSSR count). The molecule has 1 heterocycles. The lowest BCUT2D eigenvalue weighted by molar-refractivity contribution is -0.126. The van der Waals surface area contributed by atoms with E-state index < -0.39 is 6.10 Å². The molecule has 1 fully saturated rings. The predicted molar refractivity (Wildman–Crippen MR) is 83.8 cm³/mol. The molecule has 0 bridgehead atoms. The standard InChI is InChI=1S/C17H25FN2O2/c1-11-9-14(7-8-19-11)17(22)20-12(2)10-16(21)13-3-5-15(18)6-4-13/h3-6,11-12,14,16,19,21H,7-10H2,1-2H3,(H,20,22)/t11-,12?,14-,16?/m0/s1. The number of amides is 1. The van der Waals surface area contributed by atoms with Crippen LogP contribution >= 0.6 is 0 Å². The Bertz CT molecular complexity index is 492. The van der Waals surface area contributed by atoms with E-state index in [0.717, 1.165) is 19.4 Å². The fraction of sp³-hybridized carbons (Fsp3) is 0.588. The van der Waals surface area contributed by atoms with Crippen molar-refractivity contribution in [1.82, 2.24) is 10.6 Å². The number of aliphatic hydroxyl groups is 1. The summed E-state index contributed by atoms with van der Waals surface area (Å²) in [5.41, 5.74) is 0.665. The highest BCUT2D eigenvalue weighted by Crippen LogP contribution is 2.20. The first kappa shape index (κ1) is 16.9. The molecule has 4 atom stereocenters. The van der Waals surface area contributed by atoms with Crippen LogP contribution in [-0.4, -0.2) is 29.6 Å². The molecule has 0 saturated carbocycles. The average molecular weight is 308 g/mol. The molecule has 1 aliphatic heterocycles. The number of carbonyl (C=O) groups excluding carboxylic acids is 1. The lowest BCUT2D eigenvalue weighted by Gasteiger charge is -2.28. The molecule has 1 aromatic carbocycles. The van der Waals surface area contributed by atoms with Crippen molar-refractivity contribution >= 4 is 5.91 Å². The first-order valence-electron chi connectivity index (χ1n) is 7.93. The van der Waals surface area contributed by atoms with Crippen molar-refractivity contribution in [1.29, 1.82) is 0 Å². The minimum absolute atomic E-state index is 0.0432. The van der Waals surface area contributed by atoms with E-state index in [1.807, 2.05) is 6.92 Å². The Kier molecular flexibility index (Phi) is 5.91. The normalized spacial score (nSPS) is 24.5. The van der Waals surface area contributed by atoms with Crippen LogP contribution in [0.3, 0.4) is 0 Å². The maximum Gasteiger partial charge on any atom is 0.223 e. The van der Waals surface area contributed by atoms with Gasteiger partial charge in [-0.1, -0.05) is 12.1 Å². The van der Waals surface area contributed by atoms with Crippen LogP contribution in [-0.2, 0) is 4.79 Å². The summed E-state index contributed by atoms with van der Waals surface area (Å²) in [6.07, 6.45) is 1.41. The molecular formula is C17H25FN2O2. The topological polar surface area (TPSA) is 61.4 Å². The van der Waals surface area contributed by atoms with Gasteiger partial charge >= 0.3 is 0 Å². The minimum Gasteiger partial charge on any atom is -0.388 e. The molecule has 122 valence electrons. The summed E-state index contributed by atoms with van der Waals surface area (Å²) in [5.74, 6) is -0.217. The van der Waals surface area contributed by atoms with Gasteiger partial charge in [0.25, 0.3) is 0 Å². The number of rotatable bonds is 5. The minimum atomic E-state index is -0.706. The van der Waals surface area contributed by atoms with E-state index in [-0.39, 0.29) is 23.7 Å². The second-order valence-corrected chi connectivity index (χ2v) is 6.29. The van der Waals surface area contributed by atoms with Gasteiger partial charge in [-0.05, 0) is 57.4 Å². The van der Waals surface area contributed by atoms with Gasteiger partial charge in [-0.25, -0.2) is 4.39 Å². The average Bonchev–Trinajstić information content (AvgIpc) is 2.47. The van der Waals surface area contributed by atoms with Crippen LogP contribution < -0.4 is 10.6 Å². The van der Waals surface area contributed by atoms with Gasteiger partial charge in [-0.3, -0.25) is 4.79 Å². The molecule has 5 heteroatoms. The Labute approximate surface area is 131 Å². The van der Waals surface area contributed by atoms with Crippen molar-refractivity contribution < 1.29 is 14.3 Å². The van der Waals surface area contributed by atoms with Crippen LogP contribution in [0.4, 0.5) is 4.39 Å². The smallest absolute Gasteiger partial charge is 0.223 e. The summed E-state index contributed by atoms with van der Waals surface area (Å²) in [5, 5.41) is 16.5. The molecule has 1 aliphatic rings. The Balaban J connectivity index is 1.82. The zero-order valence-corrected chi connectivity index (χ0v) is 13.2. The highest BCUT2D eigenvalue weighted by molar-refractivity contribution is 5.79. The van der Waals surface area contributed by atoms with Crippen molar-refractivity contribution in [2.75, 3.05) is 6.54 Å². The quantitative estimate of drug-likeness (QED) is 0.781. The van der Waals surface area contributed by atoms with Gasteiger partial charge in [0.2, 0.25) is 5.91 Å². The van der Waals surface area contributed by atoms with Crippen LogP contribution in [0.2, 0.25) is 0 Å². The van der Waals surface area contributed by atoms with Crippen LogP contribution in [0, 0.1) is 11.7 Å². The van der Waals surface area contributed by atoms with Crippen LogP contribution in [0.5, 0.6) is 0 Å². The number of hydrogen-bond acceptors (Lipinski definition) is 3. The van der Waals surface area contributed by atoms with Gasteiger partial charge in [-0.2, -0.15) is 0 Å². The van der Waals surface area contributed by atoms with E-state index in [1.165, 1.54) is 12.1 Å². The number of halogens is 1. The Morgan fingerprint density at radius 2 is 2.14 bits per heavy atom. The number of hydrogen-bond donors (Lipinski definition) is 3. The molecule has 0 spiro atoms. The number of nitrogens with one attached hydrogen (secondary N) is 2. The molecule has 1 aromatic rings. The lowest BCUT2D eigenvalue weighted by Crippen LogP contribution is -2.44. The van der Waals surface area contributed by atoms with E-state index in [2.05, 4.69) is 17.6 Å². The van der Waals surface area contributed by atoms with Crippen molar-refractivity contribution in [2.24, 2.45) is 5.92 Å². The summed E-state index contributed by atoms with van der Waals surface area (Å²) in [6, 6.07) is 6.05. The summed E-state index contributed by atoms with van der Waals surface area (Å²) in [6.45, 7) is 4.84. The van der Waals surface area contributed by atoms with Gasteiger partial charge < -0.3 is 15.7 Å². The second kappa shape index (κ2) is 7.70. The second-order valence-electron chi connectivity index (χ2n) is 6.29. The maximum absolute atomic E-state index is 12.9. The molecule has 22 heavy (non-hydrogen) atoms. The Hall–Kier alpha value is -1.46. The first-order chi connectivity index (χ1) is 10.5. The third-order valence-corrected chi connectivity index (χ3v) is 4.21. The summed E-state index contributed by atoms with van der Waals surface area (Å²) < 4.78 is 12.9. The Morgan fingerprint density at radius 1 is 1.45 bits per heavy atom. The molecule has 0 radical (unpaired) electrons. The summed E-state index contributed by atoms with van der Waals surface area (Å²) >= 11 is 0. The van der Waals surface area contributed by atoms with Crippen molar-refractivity contribution in [3.63, 3.8) is 0 Å². The molecule has 1 saturated heterocycles. The summed E-state index contributed by atoms with van der Waals surface area (Å²) in [4.78, 5) is 12.2. The molecule has 1 amide bonds. The van der Waals surface area contributed by atoms with Crippen LogP contribution in [0.1, 0.15) is 44.8 Å². The highest BCUT2D eigenvalue weighted by Gasteiger charge is 2.26. The fourth-order valence-corrected chi connectivity index (χ4v) is 2.95. The highest BCUT2D eigenvalue weighted by atomic mass is 19.1. The maximum atomic E-state index is 12.9. The summed E-state index contributed by atoms with van der Waals surface area (Å²) in [7, 11) is 0. The van der Waals surface area contributed by atoms with Gasteiger partial charge in [-0.15, -0.1) is 0 Å². The van der Waals surface area contributed by atoms with Gasteiger partial charge in [0.15, 0.2) is 0 Å². The van der Waals surface area contributed by atoms with E-state index >= 15 is 0 Å². The molecule has 3 N–H and O–H groups in total. The van der Waals surface area contributed by atoms with Gasteiger partial charge in [0.05, 0.1) is 6.10 Å². The lowest BCUT2D eigenvalue weighted by atomic mass is 9.92. The zero-order valence-electron chi connectivity index (χ0n) is 13.2. The first-order valence-corrected chi connectivity index (χ1v) is 7.93. The van der Waals surface area contributed by atoms with E-state index in [1.54, 1.807) is 12.1 Å². The monoisotopic (exact) mass is 308 g/mol. The van der Waals surface area contributed by atoms with Gasteiger partial charge in [0.1, 0.15) is 5.82 Å². The van der Waals surface area contributed by atoms with Crippen molar-refractivity contribution in [2.45, 2.75) is 51.3 Å². The predicted octanol–water partition coefficient (Wildman–Crippen LogP) is 2.14. The van der Waals surface area contributed by atoms with E-state index in [9.17, 15) is 14.3 Å². The SMILES string of the molecule is CC(CC(O)c1ccc(F)cc1)NC(=O)[C@H]1CCN[C@@H](C)C1. The molecular weight excluding hydrogens is 283 g/mol. The Morgan fingerprint density at radius 3 is 2.77 bits per heavy atom. The van der Waals surface area contributed by atoms with Crippen LogP contribution in [0.15, 0.2) is 24.3 Å². The largest absolute Gasteiger partial charge is 0.388 e. The number of aliphatic hydroxyl groups excluding tert-OH is 1. The molecule has 0 aliphatic carbocycles. The number of carbonyl (C=O) groups is 1. The van der Waals surface area contributed by atoms with Crippen molar-refractivity contribution in [3.05, 3.63) is 35.6 Å². The molecule has 0 aromatic heterocycles. The van der Waals surface area contributed by atoms with Crippen molar-refractivity contribution in [3.8, 4) is 0 Å². The van der Waals surface area contributed by atoms with E-state index in [0.29, 0.717) is 18.0 Å². The van der Waals surface area contributed by atoms with E-state index in [4.69, 9.17) is 0 Å². The number of benzene rings is 1. The zero-order chi connectivity index (χ0) is 16.1. The van der Waals surface area contributed by atoms with Crippen LogP contribution in [0.25, 0.3) is 0 Å². The molecule has 4 nitrogen and oxygen atoms in total. The van der Waals surface area contributed by atoms with Gasteiger partial charge in [0, 0.05) is 18.0 Å². The number of piperidine rings is 1. The molecule has 2 unspecified atom stereocenters. The third-order valence-electron chi connectivity index (χ3n) is 4.21.